The molecule has 3 N–H and O–H groups in total. The summed E-state index contributed by atoms with van der Waals surface area (Å²) < 4.78 is 21.4. The lowest BCUT2D eigenvalue weighted by Gasteiger charge is -2.27. The first-order chi connectivity index (χ1) is 29.9. The number of anilines is 2. The molecule has 62 heavy (non-hydrogen) atoms. The van der Waals surface area contributed by atoms with Crippen LogP contribution < -0.4 is 20.7 Å². The molecule has 1 aromatic heterocycles. The Morgan fingerprint density at radius 1 is 0.903 bits per heavy atom. The van der Waals surface area contributed by atoms with E-state index in [-0.39, 0.29) is 66.3 Å². The van der Waals surface area contributed by atoms with Crippen molar-refractivity contribution >= 4 is 63.4 Å². The van der Waals surface area contributed by atoms with Gasteiger partial charge in [-0.1, -0.05) is 56.7 Å². The van der Waals surface area contributed by atoms with Crippen molar-refractivity contribution in [1.29, 1.82) is 0 Å². The standard InChI is InChI=1S/C48H46FN5O8/c1-4-39(55)35-26-51-37-25-41(62-3)33(24-34(37)44(35)52-30-13-7-5-8-14-30)28-17-18-31(36(49)23-28)40(56)16-9-6-10-21-50-45(58)27(2)22-29-12-11-15-32-43(29)48(61)54(47(32)60)38-19-20-42(57)53-46(38)59/h5,7-8,11-15,17-18,23-27,38H,4,6,9-10,16,19-22H2,1-3H3,(H,50,58)(H,51,52)(H,53,57,59). The molecule has 0 aliphatic carbocycles. The van der Waals surface area contributed by atoms with E-state index in [0.717, 1.165) is 10.6 Å². The van der Waals surface area contributed by atoms with E-state index in [9.17, 15) is 33.6 Å². The molecule has 1 fully saturated rings. The van der Waals surface area contributed by atoms with Gasteiger partial charge in [0, 0.05) is 60.6 Å². The van der Waals surface area contributed by atoms with Gasteiger partial charge in [0.25, 0.3) is 11.8 Å². The highest BCUT2D eigenvalue weighted by Crippen LogP contribution is 2.39. The summed E-state index contributed by atoms with van der Waals surface area (Å²) in [6, 6.07) is 21.2. The van der Waals surface area contributed by atoms with Crippen LogP contribution in [0.1, 0.15) is 106 Å². The quantitative estimate of drug-likeness (QED) is 0.0481. The number of aromatic nitrogens is 1. The van der Waals surface area contributed by atoms with Crippen molar-refractivity contribution < 1.29 is 42.7 Å². The fraction of sp³-hybridized carbons (Fsp3) is 0.292. The number of carbonyl (C=O) groups excluding carboxylic acids is 7. The molecule has 0 bridgehead atoms. The van der Waals surface area contributed by atoms with Crippen LogP contribution in [0.5, 0.6) is 5.75 Å². The third-order valence-corrected chi connectivity index (χ3v) is 11.3. The lowest BCUT2D eigenvalue weighted by atomic mass is 9.94. The number of benzene rings is 4. The number of nitrogens with one attached hydrogen (secondary N) is 3. The van der Waals surface area contributed by atoms with E-state index in [4.69, 9.17) is 4.74 Å². The SMILES string of the molecule is CCC(=O)c1cnc2cc(OC)c(-c3ccc(C(=O)CCCCCNC(=O)C(C)Cc4cccc5c4C(=O)N(C4CCC(=O)NC4=O)C5=O)c(F)c3)cc2c1Nc1ccccc1. The molecule has 5 amide bonds. The van der Waals surface area contributed by atoms with Crippen molar-refractivity contribution in [3.05, 3.63) is 119 Å². The maximum atomic E-state index is 15.7. The van der Waals surface area contributed by atoms with Gasteiger partial charge in [-0.05, 0) is 73.2 Å². The summed E-state index contributed by atoms with van der Waals surface area (Å²) in [5.74, 6) is -3.85. The molecule has 13 nitrogen and oxygen atoms in total. The zero-order valence-corrected chi connectivity index (χ0v) is 34.6. The number of halogens is 1. The van der Waals surface area contributed by atoms with E-state index in [1.54, 1.807) is 44.3 Å². The highest BCUT2D eigenvalue weighted by Gasteiger charge is 2.45. The molecule has 1 saturated heterocycles. The summed E-state index contributed by atoms with van der Waals surface area (Å²) in [7, 11) is 1.51. The van der Waals surface area contributed by atoms with Crippen molar-refractivity contribution in [2.45, 2.75) is 71.3 Å². The second kappa shape index (κ2) is 18.7. The van der Waals surface area contributed by atoms with Gasteiger partial charge < -0.3 is 15.4 Å². The van der Waals surface area contributed by atoms with Gasteiger partial charge in [0.15, 0.2) is 11.6 Å². The van der Waals surface area contributed by atoms with Crippen LogP contribution in [0.3, 0.4) is 0 Å². The molecule has 318 valence electrons. The van der Waals surface area contributed by atoms with Crippen LogP contribution in [0, 0.1) is 11.7 Å². The monoisotopic (exact) mass is 839 g/mol. The Bertz CT molecular complexity index is 2630. The Balaban J connectivity index is 0.935. The Morgan fingerprint density at radius 2 is 1.69 bits per heavy atom. The van der Waals surface area contributed by atoms with E-state index < -0.39 is 41.4 Å². The molecule has 14 heteroatoms. The van der Waals surface area contributed by atoms with E-state index >= 15 is 4.39 Å². The Kier molecular flexibility index (Phi) is 13.0. The number of Topliss-reactive ketones (excluding diaryl/α,β-unsaturated/α-hetero) is 2. The highest BCUT2D eigenvalue weighted by molar-refractivity contribution is 6.24. The number of rotatable bonds is 17. The number of amides is 5. The van der Waals surface area contributed by atoms with Gasteiger partial charge in [0.2, 0.25) is 17.7 Å². The second-order valence-corrected chi connectivity index (χ2v) is 15.5. The lowest BCUT2D eigenvalue weighted by molar-refractivity contribution is -0.136. The van der Waals surface area contributed by atoms with Gasteiger partial charge in [-0.3, -0.25) is 48.8 Å². The minimum Gasteiger partial charge on any atom is -0.496 e. The predicted molar refractivity (Wildman–Crippen MR) is 230 cm³/mol. The number of hydrogen-bond acceptors (Lipinski definition) is 10. The van der Waals surface area contributed by atoms with E-state index in [1.165, 1.54) is 25.3 Å². The molecule has 0 radical (unpaired) electrons. The topological polar surface area (TPSA) is 181 Å². The molecule has 5 aromatic rings. The minimum atomic E-state index is -1.08. The predicted octanol–water partition coefficient (Wildman–Crippen LogP) is 7.53. The van der Waals surface area contributed by atoms with Crippen LogP contribution in [-0.2, 0) is 20.8 Å². The van der Waals surface area contributed by atoms with Gasteiger partial charge in [0.05, 0.1) is 40.6 Å². The van der Waals surface area contributed by atoms with Crippen LogP contribution in [0.25, 0.3) is 22.0 Å². The number of fused-ring (bicyclic) bond motifs is 2. The first-order valence-corrected chi connectivity index (χ1v) is 20.7. The number of unbranched alkanes of at least 4 members (excludes halogenated alkanes) is 2. The Morgan fingerprint density at radius 3 is 2.42 bits per heavy atom. The molecule has 4 aromatic carbocycles. The van der Waals surface area contributed by atoms with Crippen LogP contribution in [0.15, 0.2) is 85.1 Å². The highest BCUT2D eigenvalue weighted by atomic mass is 19.1. The van der Waals surface area contributed by atoms with Crippen molar-refractivity contribution in [1.82, 2.24) is 20.5 Å². The van der Waals surface area contributed by atoms with Crippen molar-refractivity contribution in [3.8, 4) is 16.9 Å². The van der Waals surface area contributed by atoms with Crippen molar-refractivity contribution in [2.75, 3.05) is 19.0 Å². The number of piperidine rings is 1. The zero-order chi connectivity index (χ0) is 44.1. The smallest absolute Gasteiger partial charge is 0.262 e. The number of carbonyl (C=O) groups is 7. The maximum Gasteiger partial charge on any atom is 0.262 e. The van der Waals surface area contributed by atoms with Crippen LogP contribution in [-0.4, -0.2) is 70.7 Å². The van der Waals surface area contributed by atoms with Gasteiger partial charge in [-0.2, -0.15) is 0 Å². The minimum absolute atomic E-state index is 0.0149. The fourth-order valence-corrected chi connectivity index (χ4v) is 8.01. The van der Waals surface area contributed by atoms with Gasteiger partial charge in [-0.25, -0.2) is 4.39 Å². The first kappa shape index (κ1) is 43.0. The molecule has 3 heterocycles. The van der Waals surface area contributed by atoms with Crippen molar-refractivity contribution in [2.24, 2.45) is 5.92 Å². The van der Waals surface area contributed by atoms with Gasteiger partial charge >= 0.3 is 0 Å². The molecule has 2 aliphatic rings. The summed E-state index contributed by atoms with van der Waals surface area (Å²) in [5, 5.41) is 9.10. The average Bonchev–Trinajstić information content (AvgIpc) is 3.53. The second-order valence-electron chi connectivity index (χ2n) is 15.5. The van der Waals surface area contributed by atoms with Crippen LogP contribution >= 0.6 is 0 Å². The third-order valence-electron chi connectivity index (χ3n) is 11.3. The molecular formula is C48H46FN5O8. The summed E-state index contributed by atoms with van der Waals surface area (Å²) >= 11 is 0. The molecule has 0 saturated carbocycles. The van der Waals surface area contributed by atoms with Gasteiger partial charge in [-0.15, -0.1) is 0 Å². The van der Waals surface area contributed by atoms with Crippen molar-refractivity contribution in [3.63, 3.8) is 0 Å². The molecule has 0 spiro atoms. The summed E-state index contributed by atoms with van der Waals surface area (Å²) in [5.41, 5.74) is 4.18. The number of ether oxygens (including phenoxy) is 1. The summed E-state index contributed by atoms with van der Waals surface area (Å²) in [6.07, 6.45) is 3.82. The van der Waals surface area contributed by atoms with Crippen LogP contribution in [0.4, 0.5) is 15.8 Å². The van der Waals surface area contributed by atoms with Gasteiger partial charge in [0.1, 0.15) is 17.6 Å². The first-order valence-electron chi connectivity index (χ1n) is 20.7. The number of ketones is 2. The summed E-state index contributed by atoms with van der Waals surface area (Å²) in [6.45, 7) is 3.84. The number of pyridine rings is 1. The Labute approximate surface area is 357 Å². The lowest BCUT2D eigenvalue weighted by Crippen LogP contribution is -2.54. The molecule has 2 unspecified atom stereocenters. The zero-order valence-electron chi connectivity index (χ0n) is 34.6. The summed E-state index contributed by atoms with van der Waals surface area (Å²) in [4.78, 5) is 95.4. The fourth-order valence-electron chi connectivity index (χ4n) is 8.01. The number of nitrogens with zero attached hydrogens (tertiary/aromatic N) is 2. The van der Waals surface area contributed by atoms with E-state index in [2.05, 4.69) is 20.9 Å². The number of imide groups is 2. The molecule has 2 aliphatic heterocycles. The largest absolute Gasteiger partial charge is 0.496 e. The maximum absolute atomic E-state index is 15.7. The number of hydrogen-bond donors (Lipinski definition) is 3. The normalized spacial score (nSPS) is 15.3. The Hall–Kier alpha value is -7.09. The average molecular weight is 840 g/mol. The third kappa shape index (κ3) is 8.85. The van der Waals surface area contributed by atoms with E-state index in [0.29, 0.717) is 70.4 Å². The molecule has 2 atom stereocenters. The molecular weight excluding hydrogens is 794 g/mol. The van der Waals surface area contributed by atoms with E-state index in [1.807, 2.05) is 36.4 Å². The van der Waals surface area contributed by atoms with Crippen LogP contribution in [0.2, 0.25) is 0 Å². The number of methoxy groups -OCH3 is 1. The number of para-hydroxylation sites is 1. The molecule has 7 rings (SSSR count).